The van der Waals surface area contributed by atoms with Crippen LogP contribution in [0.25, 0.3) is 0 Å². The van der Waals surface area contributed by atoms with Crippen molar-refractivity contribution in [1.82, 2.24) is 0 Å². The summed E-state index contributed by atoms with van der Waals surface area (Å²) in [5, 5.41) is 0.825. The molecule has 0 aliphatic rings. The standard InChI is InChI=1S/C13H16Cl2F3NO2/c14-10-6-9(2-3-19)12(11(15)7-10)21-5-1-4-20-8-13(16,17)18/h6-7H,1-5,8,19H2. The second-order valence-corrected chi connectivity index (χ2v) is 5.13. The highest BCUT2D eigenvalue weighted by atomic mass is 35.5. The first-order valence-electron chi connectivity index (χ1n) is 6.29. The van der Waals surface area contributed by atoms with Crippen LogP contribution in [0.2, 0.25) is 10.0 Å². The molecule has 1 aromatic carbocycles. The SMILES string of the molecule is NCCc1cc(Cl)cc(Cl)c1OCCCOCC(F)(F)F. The minimum atomic E-state index is -4.31. The monoisotopic (exact) mass is 345 g/mol. The Morgan fingerprint density at radius 3 is 2.48 bits per heavy atom. The van der Waals surface area contributed by atoms with E-state index in [0.29, 0.717) is 35.2 Å². The Labute approximate surface area is 131 Å². The van der Waals surface area contributed by atoms with Gasteiger partial charge in [-0.05, 0) is 30.7 Å². The van der Waals surface area contributed by atoms with Crippen molar-refractivity contribution in [1.29, 1.82) is 0 Å². The third-order valence-corrected chi connectivity index (χ3v) is 2.94. The predicted molar refractivity (Wildman–Crippen MR) is 76.2 cm³/mol. The van der Waals surface area contributed by atoms with Crippen LogP contribution in [0.15, 0.2) is 12.1 Å². The van der Waals surface area contributed by atoms with Gasteiger partial charge in [0.1, 0.15) is 12.4 Å². The van der Waals surface area contributed by atoms with Crippen LogP contribution in [-0.2, 0) is 11.2 Å². The van der Waals surface area contributed by atoms with E-state index in [1.165, 1.54) is 0 Å². The summed E-state index contributed by atoms with van der Waals surface area (Å²) in [6.07, 6.45) is -3.45. The van der Waals surface area contributed by atoms with Gasteiger partial charge in [0, 0.05) is 11.4 Å². The van der Waals surface area contributed by atoms with Crippen LogP contribution >= 0.6 is 23.2 Å². The Kier molecular flexibility index (Phi) is 7.59. The van der Waals surface area contributed by atoms with E-state index in [2.05, 4.69) is 4.74 Å². The van der Waals surface area contributed by atoms with Crippen molar-refractivity contribution in [3.8, 4) is 5.75 Å². The minimum absolute atomic E-state index is 0.0447. The third kappa shape index (κ3) is 7.22. The zero-order chi connectivity index (χ0) is 15.9. The molecule has 0 saturated heterocycles. The smallest absolute Gasteiger partial charge is 0.411 e. The van der Waals surface area contributed by atoms with Crippen molar-refractivity contribution in [3.63, 3.8) is 0 Å². The number of rotatable bonds is 8. The first-order valence-corrected chi connectivity index (χ1v) is 7.04. The molecule has 0 bridgehead atoms. The Bertz CT molecular complexity index is 456. The molecule has 0 radical (unpaired) electrons. The summed E-state index contributed by atoms with van der Waals surface area (Å²) in [7, 11) is 0. The van der Waals surface area contributed by atoms with Crippen molar-refractivity contribution < 1.29 is 22.6 Å². The molecule has 0 amide bonds. The van der Waals surface area contributed by atoms with Crippen molar-refractivity contribution >= 4 is 23.2 Å². The molecular weight excluding hydrogens is 330 g/mol. The van der Waals surface area contributed by atoms with E-state index < -0.39 is 12.8 Å². The molecule has 0 aromatic heterocycles. The topological polar surface area (TPSA) is 44.5 Å². The number of halogens is 5. The lowest BCUT2D eigenvalue weighted by atomic mass is 10.1. The average molecular weight is 346 g/mol. The lowest BCUT2D eigenvalue weighted by molar-refractivity contribution is -0.174. The second kappa shape index (κ2) is 8.68. The number of benzene rings is 1. The maximum Gasteiger partial charge on any atom is 0.411 e. The molecule has 0 aliphatic heterocycles. The summed E-state index contributed by atoms with van der Waals surface area (Å²) >= 11 is 11.9. The molecule has 1 aromatic rings. The number of hydrogen-bond donors (Lipinski definition) is 1. The maximum absolute atomic E-state index is 11.9. The normalized spacial score (nSPS) is 11.7. The first-order chi connectivity index (χ1) is 9.83. The van der Waals surface area contributed by atoms with Crippen molar-refractivity contribution in [2.45, 2.75) is 19.0 Å². The van der Waals surface area contributed by atoms with Gasteiger partial charge in [-0.2, -0.15) is 13.2 Å². The van der Waals surface area contributed by atoms with E-state index in [1.54, 1.807) is 12.1 Å². The van der Waals surface area contributed by atoms with Gasteiger partial charge in [0.25, 0.3) is 0 Å². The van der Waals surface area contributed by atoms with Crippen molar-refractivity contribution in [3.05, 3.63) is 27.7 Å². The molecule has 3 nitrogen and oxygen atoms in total. The Balaban J connectivity index is 2.44. The lowest BCUT2D eigenvalue weighted by Gasteiger charge is -2.14. The largest absolute Gasteiger partial charge is 0.492 e. The van der Waals surface area contributed by atoms with Crippen LogP contribution in [0, 0.1) is 0 Å². The van der Waals surface area contributed by atoms with Crippen molar-refractivity contribution in [2.75, 3.05) is 26.4 Å². The molecule has 120 valence electrons. The Morgan fingerprint density at radius 1 is 1.14 bits per heavy atom. The highest BCUT2D eigenvalue weighted by Gasteiger charge is 2.27. The molecular formula is C13H16Cl2F3NO2. The lowest BCUT2D eigenvalue weighted by Crippen LogP contribution is -2.18. The summed E-state index contributed by atoms with van der Waals surface area (Å²) in [5.74, 6) is 0.460. The highest BCUT2D eigenvalue weighted by Crippen LogP contribution is 2.32. The summed E-state index contributed by atoms with van der Waals surface area (Å²) < 4.78 is 45.6. The fourth-order valence-electron chi connectivity index (χ4n) is 1.64. The average Bonchev–Trinajstić information content (AvgIpc) is 2.35. The molecule has 0 aliphatic carbocycles. The molecule has 8 heteroatoms. The number of alkyl halides is 3. The van der Waals surface area contributed by atoms with E-state index in [0.717, 1.165) is 5.56 Å². The summed E-state index contributed by atoms with van der Waals surface area (Å²) in [6.45, 7) is -0.706. The minimum Gasteiger partial charge on any atom is -0.492 e. The van der Waals surface area contributed by atoms with Crippen molar-refractivity contribution in [2.24, 2.45) is 5.73 Å². The Hall–Kier alpha value is -0.690. The molecule has 0 unspecified atom stereocenters. The van der Waals surface area contributed by atoms with Gasteiger partial charge in [0.05, 0.1) is 18.2 Å². The molecule has 2 N–H and O–H groups in total. The van der Waals surface area contributed by atoms with Crippen LogP contribution in [0.3, 0.4) is 0 Å². The van der Waals surface area contributed by atoms with Gasteiger partial charge < -0.3 is 15.2 Å². The molecule has 1 rings (SSSR count). The van der Waals surface area contributed by atoms with E-state index >= 15 is 0 Å². The first kappa shape index (κ1) is 18.4. The van der Waals surface area contributed by atoms with Gasteiger partial charge in [-0.25, -0.2) is 0 Å². The fourth-order valence-corrected chi connectivity index (χ4v) is 2.23. The van der Waals surface area contributed by atoms with Gasteiger partial charge in [-0.3, -0.25) is 0 Å². The van der Waals surface area contributed by atoms with E-state index in [9.17, 15) is 13.2 Å². The number of hydrogen-bond acceptors (Lipinski definition) is 3. The summed E-state index contributed by atoms with van der Waals surface area (Å²) in [4.78, 5) is 0. The second-order valence-electron chi connectivity index (χ2n) is 4.28. The van der Waals surface area contributed by atoms with Crippen LogP contribution in [0.1, 0.15) is 12.0 Å². The molecule has 0 spiro atoms. The maximum atomic E-state index is 11.9. The molecule has 0 heterocycles. The van der Waals surface area contributed by atoms with E-state index in [4.69, 9.17) is 33.7 Å². The van der Waals surface area contributed by atoms with E-state index in [1.807, 2.05) is 0 Å². The molecule has 0 fully saturated rings. The molecule has 0 saturated carbocycles. The Morgan fingerprint density at radius 2 is 1.86 bits per heavy atom. The number of nitrogens with two attached hydrogens (primary N) is 1. The van der Waals surface area contributed by atoms with Crippen LogP contribution in [0.5, 0.6) is 5.75 Å². The van der Waals surface area contributed by atoms with Crippen LogP contribution < -0.4 is 10.5 Å². The highest BCUT2D eigenvalue weighted by molar-refractivity contribution is 6.35. The predicted octanol–water partition coefficient (Wildman–Crippen LogP) is 3.84. The van der Waals surface area contributed by atoms with Gasteiger partial charge in [0.15, 0.2) is 0 Å². The van der Waals surface area contributed by atoms with E-state index in [-0.39, 0.29) is 13.2 Å². The summed E-state index contributed by atoms with van der Waals surface area (Å²) in [6, 6.07) is 3.24. The molecule has 21 heavy (non-hydrogen) atoms. The van der Waals surface area contributed by atoms with Gasteiger partial charge in [-0.15, -0.1) is 0 Å². The zero-order valence-electron chi connectivity index (χ0n) is 11.2. The third-order valence-electron chi connectivity index (χ3n) is 2.44. The van der Waals surface area contributed by atoms with Gasteiger partial charge >= 0.3 is 6.18 Å². The van der Waals surface area contributed by atoms with Crippen LogP contribution in [0.4, 0.5) is 13.2 Å². The number of ether oxygens (including phenoxy) is 2. The van der Waals surface area contributed by atoms with Crippen LogP contribution in [-0.4, -0.2) is 32.5 Å². The van der Waals surface area contributed by atoms with Gasteiger partial charge in [0.2, 0.25) is 0 Å². The fraction of sp³-hybridized carbons (Fsp3) is 0.538. The molecule has 0 atom stereocenters. The zero-order valence-corrected chi connectivity index (χ0v) is 12.7. The quantitative estimate of drug-likeness (QED) is 0.728. The summed E-state index contributed by atoms with van der Waals surface area (Å²) in [5.41, 5.74) is 6.27. The van der Waals surface area contributed by atoms with Gasteiger partial charge in [-0.1, -0.05) is 23.2 Å².